The van der Waals surface area contributed by atoms with E-state index in [2.05, 4.69) is 11.0 Å². The number of nitrogens with one attached hydrogen (secondary N) is 2. The predicted molar refractivity (Wildman–Crippen MR) is 108 cm³/mol. The molecule has 31 heavy (non-hydrogen) atoms. The maximum Gasteiger partial charge on any atom is 0.362 e. The van der Waals surface area contributed by atoms with Gasteiger partial charge in [-0.2, -0.15) is 11.0 Å². The minimum Gasteiger partial charge on any atom is -0.335 e. The van der Waals surface area contributed by atoms with E-state index in [0.717, 1.165) is 0 Å². The van der Waals surface area contributed by atoms with Crippen molar-refractivity contribution in [2.75, 3.05) is 0 Å². The molecule has 2 amide bonds. The van der Waals surface area contributed by atoms with Gasteiger partial charge in [0.1, 0.15) is 0 Å². The Hall–Kier alpha value is -3.94. The van der Waals surface area contributed by atoms with Gasteiger partial charge in [0.15, 0.2) is 0 Å². The zero-order valence-corrected chi connectivity index (χ0v) is 16.4. The number of carbonyl (C=O) groups excluding carboxylic acids is 4. The second kappa shape index (κ2) is 8.83. The smallest absolute Gasteiger partial charge is 0.335 e. The molecule has 0 heterocycles. The van der Waals surface area contributed by atoms with E-state index in [1.165, 1.54) is 0 Å². The first-order valence-corrected chi connectivity index (χ1v) is 9.85. The van der Waals surface area contributed by atoms with Crippen molar-refractivity contribution >= 4 is 23.8 Å². The third-order valence-corrected chi connectivity index (χ3v) is 5.57. The summed E-state index contributed by atoms with van der Waals surface area (Å²) >= 11 is 0. The molecular formula is C23H20N2O6. The molecule has 0 radical (unpaired) electrons. The Morgan fingerprint density at radius 3 is 1.42 bits per heavy atom. The molecule has 1 saturated carbocycles. The quantitative estimate of drug-likeness (QED) is 0.580. The Labute approximate surface area is 178 Å². The molecule has 4 rings (SSSR count). The molecule has 0 spiro atoms. The average Bonchev–Trinajstić information content (AvgIpc) is 3.43. The van der Waals surface area contributed by atoms with Gasteiger partial charge in [-0.3, -0.25) is 9.59 Å². The molecule has 2 aliphatic carbocycles. The molecular weight excluding hydrogens is 400 g/mol. The average molecular weight is 420 g/mol. The van der Waals surface area contributed by atoms with E-state index in [1.807, 2.05) is 12.2 Å². The lowest BCUT2D eigenvalue weighted by molar-refractivity contribution is -0.145. The molecule has 8 heteroatoms. The van der Waals surface area contributed by atoms with Crippen LogP contribution >= 0.6 is 0 Å². The lowest BCUT2D eigenvalue weighted by Crippen LogP contribution is -2.45. The van der Waals surface area contributed by atoms with E-state index in [0.29, 0.717) is 6.42 Å². The van der Waals surface area contributed by atoms with Crippen molar-refractivity contribution in [1.82, 2.24) is 11.0 Å². The molecule has 2 bridgehead atoms. The van der Waals surface area contributed by atoms with Crippen LogP contribution in [0.25, 0.3) is 0 Å². The summed E-state index contributed by atoms with van der Waals surface area (Å²) in [5.41, 5.74) is 4.93. The molecule has 0 aliphatic heterocycles. The molecule has 0 saturated heterocycles. The maximum absolute atomic E-state index is 12.7. The SMILES string of the molecule is O=C(ONC(=O)[C@@H]1[C@H](C(=O)NOC(=O)c2ccccc2)[C@@H]2C=C[C@H]1C2)c1ccccc1. The second-order valence-corrected chi connectivity index (χ2v) is 7.44. The van der Waals surface area contributed by atoms with Crippen molar-refractivity contribution < 1.29 is 28.9 Å². The van der Waals surface area contributed by atoms with Gasteiger partial charge in [0, 0.05) is 0 Å². The lowest BCUT2D eigenvalue weighted by Gasteiger charge is -2.25. The van der Waals surface area contributed by atoms with Gasteiger partial charge in [0.2, 0.25) is 0 Å². The van der Waals surface area contributed by atoms with E-state index >= 15 is 0 Å². The zero-order chi connectivity index (χ0) is 21.8. The van der Waals surface area contributed by atoms with Crippen LogP contribution in [0.1, 0.15) is 27.1 Å². The Balaban J connectivity index is 1.37. The van der Waals surface area contributed by atoms with Crippen LogP contribution in [-0.2, 0) is 19.3 Å². The largest absolute Gasteiger partial charge is 0.362 e. The lowest BCUT2D eigenvalue weighted by atomic mass is 9.82. The van der Waals surface area contributed by atoms with Crippen molar-refractivity contribution in [1.29, 1.82) is 0 Å². The number of fused-ring (bicyclic) bond motifs is 2. The summed E-state index contributed by atoms with van der Waals surface area (Å²) < 4.78 is 0. The molecule has 2 aromatic rings. The van der Waals surface area contributed by atoms with Gasteiger partial charge in [-0.25, -0.2) is 9.59 Å². The minimum absolute atomic E-state index is 0.166. The normalized spacial score (nSPS) is 23.1. The molecule has 2 aliphatic rings. The van der Waals surface area contributed by atoms with Crippen LogP contribution in [0.2, 0.25) is 0 Å². The third kappa shape index (κ3) is 4.32. The summed E-state index contributed by atoms with van der Waals surface area (Å²) in [6, 6.07) is 16.5. The third-order valence-electron chi connectivity index (χ3n) is 5.57. The van der Waals surface area contributed by atoms with Crippen LogP contribution < -0.4 is 11.0 Å². The van der Waals surface area contributed by atoms with Crippen molar-refractivity contribution in [3.05, 3.63) is 83.9 Å². The van der Waals surface area contributed by atoms with Gasteiger partial charge in [0.05, 0.1) is 23.0 Å². The highest BCUT2D eigenvalue weighted by atomic mass is 16.7. The molecule has 2 aromatic carbocycles. The van der Waals surface area contributed by atoms with Gasteiger partial charge in [-0.05, 0) is 42.5 Å². The molecule has 0 unspecified atom stereocenters. The highest BCUT2D eigenvalue weighted by molar-refractivity contribution is 5.93. The van der Waals surface area contributed by atoms with Crippen molar-refractivity contribution in [3.8, 4) is 0 Å². The predicted octanol–water partition coefficient (Wildman–Crippen LogP) is 2.20. The number of hydroxylamine groups is 2. The molecule has 4 atom stereocenters. The van der Waals surface area contributed by atoms with Gasteiger partial charge in [-0.1, -0.05) is 48.6 Å². The van der Waals surface area contributed by atoms with Crippen molar-refractivity contribution in [3.63, 3.8) is 0 Å². The highest BCUT2D eigenvalue weighted by Crippen LogP contribution is 2.48. The van der Waals surface area contributed by atoms with Crippen LogP contribution in [0.5, 0.6) is 0 Å². The van der Waals surface area contributed by atoms with Crippen LogP contribution in [0.15, 0.2) is 72.8 Å². The number of carbonyl (C=O) groups is 4. The highest BCUT2D eigenvalue weighted by Gasteiger charge is 2.52. The number of hydrogen-bond donors (Lipinski definition) is 2. The van der Waals surface area contributed by atoms with Gasteiger partial charge < -0.3 is 9.68 Å². The Morgan fingerprint density at radius 2 is 1.03 bits per heavy atom. The van der Waals surface area contributed by atoms with E-state index < -0.39 is 35.6 Å². The molecule has 158 valence electrons. The van der Waals surface area contributed by atoms with Crippen molar-refractivity contribution in [2.45, 2.75) is 6.42 Å². The number of hydrogen-bond acceptors (Lipinski definition) is 6. The van der Waals surface area contributed by atoms with Crippen LogP contribution in [-0.4, -0.2) is 23.8 Å². The Kier molecular flexibility index (Phi) is 5.79. The van der Waals surface area contributed by atoms with E-state index in [1.54, 1.807) is 60.7 Å². The Morgan fingerprint density at radius 1 is 0.645 bits per heavy atom. The van der Waals surface area contributed by atoms with E-state index in [9.17, 15) is 19.2 Å². The van der Waals surface area contributed by atoms with E-state index in [-0.39, 0.29) is 23.0 Å². The fourth-order valence-corrected chi connectivity index (χ4v) is 4.13. The minimum atomic E-state index is -0.742. The van der Waals surface area contributed by atoms with Crippen molar-refractivity contribution in [2.24, 2.45) is 23.7 Å². The molecule has 0 aromatic heterocycles. The van der Waals surface area contributed by atoms with Gasteiger partial charge >= 0.3 is 11.9 Å². The number of benzene rings is 2. The fraction of sp³-hybridized carbons (Fsp3) is 0.217. The first-order valence-electron chi connectivity index (χ1n) is 9.85. The second-order valence-electron chi connectivity index (χ2n) is 7.44. The molecule has 8 nitrogen and oxygen atoms in total. The van der Waals surface area contributed by atoms with Crippen LogP contribution in [0, 0.1) is 23.7 Å². The number of allylic oxidation sites excluding steroid dienone is 2. The summed E-state index contributed by atoms with van der Waals surface area (Å²) in [5, 5.41) is 0. The summed E-state index contributed by atoms with van der Waals surface area (Å²) in [5.74, 6) is -4.37. The summed E-state index contributed by atoms with van der Waals surface area (Å²) in [4.78, 5) is 59.4. The standard InChI is InChI=1S/C23H20N2O6/c26-20(24-30-22(28)14-7-3-1-4-8-14)18-16-11-12-17(13-16)19(18)21(27)25-31-23(29)15-9-5-2-6-10-15/h1-12,16-19H,13H2,(H,24,26)(H,25,27)/t16-,17+,18-,19+. The first-order chi connectivity index (χ1) is 15.0. The fourth-order valence-electron chi connectivity index (χ4n) is 4.13. The topological polar surface area (TPSA) is 111 Å². The maximum atomic E-state index is 12.7. The van der Waals surface area contributed by atoms with Crippen LogP contribution in [0.3, 0.4) is 0 Å². The summed E-state index contributed by atoms with van der Waals surface area (Å²) in [6.45, 7) is 0. The number of rotatable bonds is 4. The summed E-state index contributed by atoms with van der Waals surface area (Å²) in [6.07, 6.45) is 4.39. The zero-order valence-electron chi connectivity index (χ0n) is 16.4. The molecule has 1 fully saturated rings. The monoisotopic (exact) mass is 420 g/mol. The summed E-state index contributed by atoms with van der Waals surface area (Å²) in [7, 11) is 0. The first kappa shape index (κ1) is 20.3. The van der Waals surface area contributed by atoms with Gasteiger partial charge in [0.25, 0.3) is 11.8 Å². The van der Waals surface area contributed by atoms with Crippen LogP contribution in [0.4, 0.5) is 0 Å². The van der Waals surface area contributed by atoms with Gasteiger partial charge in [-0.15, -0.1) is 0 Å². The number of amides is 2. The molecule has 2 N–H and O–H groups in total. The van der Waals surface area contributed by atoms with E-state index in [4.69, 9.17) is 9.68 Å². The Bertz CT molecular complexity index is 939.